The number of benzene rings is 1. The van der Waals surface area contributed by atoms with Gasteiger partial charge in [-0.1, -0.05) is 18.2 Å². The summed E-state index contributed by atoms with van der Waals surface area (Å²) < 4.78 is 0. The van der Waals surface area contributed by atoms with E-state index >= 15 is 0 Å². The van der Waals surface area contributed by atoms with Crippen molar-refractivity contribution in [1.29, 1.82) is 0 Å². The summed E-state index contributed by atoms with van der Waals surface area (Å²) >= 11 is 1.75. The van der Waals surface area contributed by atoms with Crippen molar-refractivity contribution >= 4 is 23.5 Å². The van der Waals surface area contributed by atoms with Crippen LogP contribution in [0, 0.1) is 5.92 Å². The first kappa shape index (κ1) is 22.1. The maximum Gasteiger partial charge on any atom is 0.325 e. The van der Waals surface area contributed by atoms with Crippen molar-refractivity contribution < 1.29 is 4.79 Å². The first-order chi connectivity index (χ1) is 15.5. The molecule has 1 aromatic carbocycles. The molecule has 1 aliphatic heterocycles. The van der Waals surface area contributed by atoms with Gasteiger partial charge in [0.25, 0.3) is 0 Å². The van der Waals surface area contributed by atoms with Crippen LogP contribution in [0.4, 0.5) is 10.5 Å². The fourth-order valence-electron chi connectivity index (χ4n) is 6.10. The SMILES string of the molecule is CSc1ccc(N2CC3(CCC(C4=CCCC=C4)(N(C)C)CC3)N(CC3CC3)C2=O)cc1. The zero-order chi connectivity index (χ0) is 22.3. The molecule has 4 aliphatic rings. The first-order valence-electron chi connectivity index (χ1n) is 12.3. The second-order valence-electron chi connectivity index (χ2n) is 10.4. The summed E-state index contributed by atoms with van der Waals surface area (Å²) in [5, 5.41) is 0. The minimum absolute atomic E-state index is 0.0314. The predicted molar refractivity (Wildman–Crippen MR) is 134 cm³/mol. The summed E-state index contributed by atoms with van der Waals surface area (Å²) in [6.45, 7) is 1.77. The first-order valence-corrected chi connectivity index (χ1v) is 13.5. The van der Waals surface area contributed by atoms with Gasteiger partial charge >= 0.3 is 6.03 Å². The number of thioether (sulfide) groups is 1. The Bertz CT molecular complexity index is 907. The van der Waals surface area contributed by atoms with E-state index in [1.165, 1.54) is 23.3 Å². The fraction of sp³-hybridized carbons (Fsp3) is 0.593. The number of rotatable bonds is 6. The average molecular weight is 452 g/mol. The molecule has 1 heterocycles. The van der Waals surface area contributed by atoms with Crippen molar-refractivity contribution in [2.45, 2.75) is 67.3 Å². The van der Waals surface area contributed by atoms with Crippen LogP contribution >= 0.6 is 11.8 Å². The Balaban J connectivity index is 1.42. The molecule has 1 saturated heterocycles. The highest BCUT2D eigenvalue weighted by molar-refractivity contribution is 7.98. The lowest BCUT2D eigenvalue weighted by atomic mass is 9.67. The number of anilines is 1. The van der Waals surface area contributed by atoms with Crippen molar-refractivity contribution in [3.05, 3.63) is 48.1 Å². The molecule has 0 radical (unpaired) electrons. The molecule has 172 valence electrons. The molecule has 3 fully saturated rings. The Hall–Kier alpha value is -1.72. The van der Waals surface area contributed by atoms with Crippen LogP contribution in [0.5, 0.6) is 0 Å². The molecular formula is C27H37N3OS. The highest BCUT2D eigenvalue weighted by Crippen LogP contribution is 2.49. The highest BCUT2D eigenvalue weighted by atomic mass is 32.2. The Morgan fingerprint density at radius 3 is 2.34 bits per heavy atom. The summed E-state index contributed by atoms with van der Waals surface area (Å²) in [4.78, 5) is 21.8. The van der Waals surface area contributed by atoms with E-state index in [1.54, 1.807) is 11.8 Å². The lowest BCUT2D eigenvalue weighted by Gasteiger charge is -2.51. The number of likely N-dealkylation sites (N-methyl/N-ethyl adjacent to an activating group) is 1. The molecule has 32 heavy (non-hydrogen) atoms. The largest absolute Gasteiger partial charge is 0.325 e. The van der Waals surface area contributed by atoms with Crippen LogP contribution < -0.4 is 4.90 Å². The smallest absolute Gasteiger partial charge is 0.317 e. The third-order valence-corrected chi connectivity index (χ3v) is 9.15. The van der Waals surface area contributed by atoms with E-state index in [0.717, 1.165) is 57.3 Å². The van der Waals surface area contributed by atoms with Crippen molar-refractivity contribution in [3.63, 3.8) is 0 Å². The van der Waals surface area contributed by atoms with E-state index in [2.05, 4.69) is 77.5 Å². The number of urea groups is 1. The van der Waals surface area contributed by atoms with Gasteiger partial charge in [-0.25, -0.2) is 4.79 Å². The molecular weight excluding hydrogens is 414 g/mol. The van der Waals surface area contributed by atoms with E-state index in [-0.39, 0.29) is 17.1 Å². The molecule has 0 N–H and O–H groups in total. The zero-order valence-corrected chi connectivity index (χ0v) is 20.7. The highest BCUT2D eigenvalue weighted by Gasteiger charge is 2.55. The van der Waals surface area contributed by atoms with Gasteiger partial charge in [-0.3, -0.25) is 9.80 Å². The van der Waals surface area contributed by atoms with Gasteiger partial charge < -0.3 is 4.90 Å². The van der Waals surface area contributed by atoms with Gasteiger partial charge in [-0.2, -0.15) is 0 Å². The van der Waals surface area contributed by atoms with E-state index in [0.29, 0.717) is 5.92 Å². The molecule has 1 aromatic rings. The third kappa shape index (κ3) is 3.81. The Morgan fingerprint density at radius 2 is 1.78 bits per heavy atom. The predicted octanol–water partition coefficient (Wildman–Crippen LogP) is 5.95. The monoisotopic (exact) mass is 451 g/mol. The topological polar surface area (TPSA) is 26.8 Å². The van der Waals surface area contributed by atoms with Crippen LogP contribution in [0.3, 0.4) is 0 Å². The van der Waals surface area contributed by atoms with Gasteiger partial charge in [-0.05, 0) is 107 Å². The van der Waals surface area contributed by atoms with Crippen molar-refractivity contribution in [2.75, 3.05) is 38.3 Å². The molecule has 2 amide bonds. The lowest BCUT2D eigenvalue weighted by Crippen LogP contribution is -2.57. The van der Waals surface area contributed by atoms with E-state index in [1.807, 2.05) is 0 Å². The maximum atomic E-state index is 13.7. The summed E-state index contributed by atoms with van der Waals surface area (Å²) in [6.07, 6.45) is 18.5. The van der Waals surface area contributed by atoms with Crippen LogP contribution in [0.1, 0.15) is 51.4 Å². The quantitative estimate of drug-likeness (QED) is 0.500. The molecule has 4 nitrogen and oxygen atoms in total. The Kier molecular flexibility index (Phi) is 5.91. The normalized spacial score (nSPS) is 30.5. The molecule has 1 spiro atoms. The standard InChI is InChI=1S/C27H37N3OS/c1-28(2)27(22-7-5-4-6-8-22)17-15-26(16-18-27)20-29(23-11-13-24(32-3)14-12-23)25(31)30(26)19-21-9-10-21/h5,7-8,11-14,21H,4,6,9-10,15-20H2,1-3H3. The van der Waals surface area contributed by atoms with Gasteiger partial charge in [0.1, 0.15) is 0 Å². The van der Waals surface area contributed by atoms with E-state index < -0.39 is 0 Å². The summed E-state index contributed by atoms with van der Waals surface area (Å²) in [6, 6.07) is 8.76. The van der Waals surface area contributed by atoms with Crippen LogP contribution in [0.15, 0.2) is 53.0 Å². The minimum atomic E-state index is -0.0314. The van der Waals surface area contributed by atoms with E-state index in [9.17, 15) is 4.79 Å². The van der Waals surface area contributed by atoms with Crippen LogP contribution in [0.25, 0.3) is 0 Å². The Labute approximate surface area is 197 Å². The lowest BCUT2D eigenvalue weighted by molar-refractivity contribution is 0.0484. The number of amides is 2. The van der Waals surface area contributed by atoms with Gasteiger partial charge in [0.2, 0.25) is 0 Å². The third-order valence-electron chi connectivity index (χ3n) is 8.40. The number of hydrogen-bond acceptors (Lipinski definition) is 3. The van der Waals surface area contributed by atoms with Gasteiger partial charge in [0, 0.05) is 22.7 Å². The molecule has 0 aromatic heterocycles. The summed E-state index contributed by atoms with van der Waals surface area (Å²) in [5.74, 6) is 0.708. The second-order valence-corrected chi connectivity index (χ2v) is 11.3. The number of carbonyl (C=O) groups excluding carboxylic acids is 1. The van der Waals surface area contributed by atoms with Gasteiger partial charge in [0.05, 0.1) is 12.1 Å². The zero-order valence-electron chi connectivity index (χ0n) is 19.8. The van der Waals surface area contributed by atoms with Crippen LogP contribution in [0.2, 0.25) is 0 Å². The maximum absolute atomic E-state index is 13.7. The fourth-order valence-corrected chi connectivity index (χ4v) is 6.51. The molecule has 2 saturated carbocycles. The van der Waals surface area contributed by atoms with Gasteiger partial charge in [-0.15, -0.1) is 11.8 Å². The summed E-state index contributed by atoms with van der Waals surface area (Å²) in [7, 11) is 4.48. The number of nitrogens with zero attached hydrogens (tertiary/aromatic N) is 3. The molecule has 0 unspecified atom stereocenters. The van der Waals surface area contributed by atoms with Crippen LogP contribution in [-0.2, 0) is 0 Å². The van der Waals surface area contributed by atoms with Gasteiger partial charge in [0.15, 0.2) is 0 Å². The number of hydrogen-bond donors (Lipinski definition) is 0. The molecule has 3 aliphatic carbocycles. The Morgan fingerprint density at radius 1 is 1.06 bits per heavy atom. The minimum Gasteiger partial charge on any atom is -0.317 e. The molecule has 5 heteroatoms. The molecule has 0 bridgehead atoms. The number of carbonyl (C=O) groups is 1. The second kappa shape index (κ2) is 8.57. The average Bonchev–Trinajstić information content (AvgIpc) is 3.62. The van der Waals surface area contributed by atoms with Crippen molar-refractivity contribution in [3.8, 4) is 0 Å². The number of allylic oxidation sites excluding steroid dienone is 2. The van der Waals surface area contributed by atoms with Crippen molar-refractivity contribution in [2.24, 2.45) is 5.92 Å². The summed E-state index contributed by atoms with van der Waals surface area (Å²) in [5.41, 5.74) is 2.61. The van der Waals surface area contributed by atoms with E-state index in [4.69, 9.17) is 0 Å². The molecule has 0 atom stereocenters. The van der Waals surface area contributed by atoms with Crippen molar-refractivity contribution in [1.82, 2.24) is 9.80 Å². The molecule has 5 rings (SSSR count). The van der Waals surface area contributed by atoms with Crippen LogP contribution in [-0.4, -0.2) is 60.3 Å².